The third kappa shape index (κ3) is 4.13. The Hall–Kier alpha value is -3.20. The zero-order chi connectivity index (χ0) is 23.2. The van der Waals surface area contributed by atoms with Gasteiger partial charge < -0.3 is 20.3 Å². The molecule has 2 N–H and O–H groups in total. The molecule has 2 heterocycles. The number of ether oxygens (including phenoxy) is 1. The van der Waals surface area contributed by atoms with E-state index in [2.05, 4.69) is 4.90 Å². The zero-order valence-electron chi connectivity index (χ0n) is 19.2. The number of hydrogen-bond donors (Lipinski definition) is 1. The van der Waals surface area contributed by atoms with Crippen LogP contribution in [0.25, 0.3) is 11.4 Å². The number of amides is 3. The molecule has 2 aliphatic carbocycles. The molecule has 3 amide bonds. The smallest absolute Gasteiger partial charge is 0.319 e. The van der Waals surface area contributed by atoms with Crippen molar-refractivity contribution < 1.29 is 14.3 Å². The molecule has 0 radical (unpaired) electrons. The van der Waals surface area contributed by atoms with Crippen LogP contribution in [0.2, 0.25) is 0 Å². The first-order chi connectivity index (χ1) is 15.9. The van der Waals surface area contributed by atoms with E-state index in [1.165, 1.54) is 0 Å². The summed E-state index contributed by atoms with van der Waals surface area (Å²) in [5.41, 5.74) is 7.41. The molecule has 0 unspecified atom stereocenters. The van der Waals surface area contributed by atoms with E-state index in [0.29, 0.717) is 19.0 Å². The molecule has 9 heteroatoms. The first kappa shape index (κ1) is 21.6. The van der Waals surface area contributed by atoms with E-state index in [4.69, 9.17) is 20.4 Å². The van der Waals surface area contributed by atoms with Crippen molar-refractivity contribution in [2.24, 2.45) is 5.73 Å². The van der Waals surface area contributed by atoms with Crippen LogP contribution in [-0.2, 0) is 14.9 Å². The summed E-state index contributed by atoms with van der Waals surface area (Å²) in [7, 11) is 3.58. The molecule has 5 rings (SSSR count). The van der Waals surface area contributed by atoms with E-state index in [9.17, 15) is 9.59 Å². The number of aromatic nitrogens is 2. The Bertz CT molecular complexity index is 1060. The largest absolute Gasteiger partial charge is 0.378 e. The predicted molar refractivity (Wildman–Crippen MR) is 125 cm³/mol. The molecule has 3 aliphatic rings. The van der Waals surface area contributed by atoms with Gasteiger partial charge in [-0.05, 0) is 49.9 Å². The number of benzene rings is 1. The third-order valence-electron chi connectivity index (χ3n) is 6.66. The molecule has 0 bridgehead atoms. The molecule has 2 aromatic rings. The Kier molecular flexibility index (Phi) is 5.44. The first-order valence-electron chi connectivity index (χ1n) is 11.5. The maximum absolute atomic E-state index is 13.0. The molecular formula is C24H30N6O3. The van der Waals surface area contributed by atoms with Crippen molar-refractivity contribution >= 4 is 23.4 Å². The van der Waals surface area contributed by atoms with Crippen LogP contribution in [0.15, 0.2) is 30.3 Å². The van der Waals surface area contributed by atoms with Crippen LogP contribution < -0.4 is 15.5 Å². The van der Waals surface area contributed by atoms with Gasteiger partial charge in [0, 0.05) is 50.5 Å². The van der Waals surface area contributed by atoms with Gasteiger partial charge in [-0.25, -0.2) is 14.8 Å². The number of carbonyl (C=O) groups excluding carboxylic acids is 2. The number of primary amides is 1. The second-order valence-electron chi connectivity index (χ2n) is 9.30. The van der Waals surface area contributed by atoms with Gasteiger partial charge in [-0.1, -0.05) is 0 Å². The summed E-state index contributed by atoms with van der Waals surface area (Å²) in [6.45, 7) is 2.79. The maximum atomic E-state index is 13.0. The molecule has 174 valence electrons. The number of rotatable bonds is 6. The van der Waals surface area contributed by atoms with Crippen LogP contribution in [0.1, 0.15) is 31.4 Å². The average Bonchev–Trinajstić information content (AvgIpc) is 3.74. The van der Waals surface area contributed by atoms with Crippen molar-refractivity contribution in [1.82, 2.24) is 14.9 Å². The standard InChI is InChI=1S/C24H30N6O3/c1-28(2)22(31)24(9-10-24)19-15-20(29-11-13-33-14-12-29)27-21(26-19)16-3-5-17(6-4-16)30(23(25)32)18-7-8-18/h3-6,15,18H,7-14H2,1-2H3,(H2,25,32). The fourth-order valence-corrected chi connectivity index (χ4v) is 4.52. The molecule has 1 aliphatic heterocycles. The number of hydrogen-bond acceptors (Lipinski definition) is 6. The molecule has 0 atom stereocenters. The summed E-state index contributed by atoms with van der Waals surface area (Å²) in [4.78, 5) is 40.1. The van der Waals surface area contributed by atoms with Crippen molar-refractivity contribution in [1.29, 1.82) is 0 Å². The zero-order valence-corrected chi connectivity index (χ0v) is 19.2. The first-order valence-corrected chi connectivity index (χ1v) is 11.5. The maximum Gasteiger partial charge on any atom is 0.319 e. The lowest BCUT2D eigenvalue weighted by molar-refractivity contribution is -0.131. The van der Waals surface area contributed by atoms with Gasteiger partial charge in [0.15, 0.2) is 5.82 Å². The van der Waals surface area contributed by atoms with Crippen molar-refractivity contribution in [3.05, 3.63) is 36.0 Å². The van der Waals surface area contributed by atoms with Gasteiger partial charge in [0.2, 0.25) is 5.91 Å². The monoisotopic (exact) mass is 450 g/mol. The number of likely N-dealkylation sites (N-methyl/N-ethyl adjacent to an activating group) is 1. The summed E-state index contributed by atoms with van der Waals surface area (Å²) < 4.78 is 5.51. The van der Waals surface area contributed by atoms with Gasteiger partial charge in [-0.15, -0.1) is 0 Å². The molecular weight excluding hydrogens is 420 g/mol. The van der Waals surface area contributed by atoms with E-state index in [-0.39, 0.29) is 11.9 Å². The molecule has 1 aromatic carbocycles. The van der Waals surface area contributed by atoms with Crippen LogP contribution >= 0.6 is 0 Å². The predicted octanol–water partition coefficient (Wildman–Crippen LogP) is 2.15. The highest BCUT2D eigenvalue weighted by Crippen LogP contribution is 2.49. The highest BCUT2D eigenvalue weighted by molar-refractivity contribution is 5.92. The SMILES string of the molecule is CN(C)C(=O)C1(c2cc(N3CCOCC3)nc(-c3ccc(N(C(N)=O)C4CC4)cc3)n2)CC1. The average molecular weight is 451 g/mol. The molecule has 33 heavy (non-hydrogen) atoms. The summed E-state index contributed by atoms with van der Waals surface area (Å²) in [6, 6.07) is 9.34. The number of urea groups is 1. The van der Waals surface area contributed by atoms with Crippen molar-refractivity contribution in [2.45, 2.75) is 37.1 Å². The minimum Gasteiger partial charge on any atom is -0.378 e. The summed E-state index contributed by atoms with van der Waals surface area (Å²) >= 11 is 0. The molecule has 9 nitrogen and oxygen atoms in total. The topological polar surface area (TPSA) is 105 Å². The van der Waals surface area contributed by atoms with Crippen LogP contribution in [0.5, 0.6) is 0 Å². The number of nitrogens with zero attached hydrogens (tertiary/aromatic N) is 5. The number of carbonyl (C=O) groups is 2. The van der Waals surface area contributed by atoms with Crippen molar-refractivity contribution in [2.75, 3.05) is 50.2 Å². The molecule has 2 saturated carbocycles. The normalized spacial score (nSPS) is 19.2. The summed E-state index contributed by atoms with van der Waals surface area (Å²) in [5.74, 6) is 1.48. The minimum atomic E-state index is -0.573. The Labute approximate surface area is 193 Å². The highest BCUT2D eigenvalue weighted by Gasteiger charge is 2.53. The minimum absolute atomic E-state index is 0.0805. The van der Waals surface area contributed by atoms with Crippen molar-refractivity contribution in [3.8, 4) is 11.4 Å². The number of morpholine rings is 1. The number of anilines is 2. The Balaban J connectivity index is 1.52. The van der Waals surface area contributed by atoms with Crippen LogP contribution in [0.4, 0.5) is 16.3 Å². The molecule has 1 saturated heterocycles. The van der Waals surface area contributed by atoms with Crippen LogP contribution in [0.3, 0.4) is 0 Å². The summed E-state index contributed by atoms with van der Waals surface area (Å²) in [5, 5.41) is 0. The quantitative estimate of drug-likeness (QED) is 0.723. The van der Waals surface area contributed by atoms with E-state index in [1.54, 1.807) is 23.9 Å². The fraction of sp³-hybridized carbons (Fsp3) is 0.500. The van der Waals surface area contributed by atoms with E-state index < -0.39 is 11.4 Å². The van der Waals surface area contributed by atoms with Gasteiger partial charge in [-0.3, -0.25) is 9.69 Å². The van der Waals surface area contributed by atoms with Crippen LogP contribution in [0, 0.1) is 0 Å². The molecule has 3 fully saturated rings. The lowest BCUT2D eigenvalue weighted by Crippen LogP contribution is -2.38. The van der Waals surface area contributed by atoms with Crippen LogP contribution in [-0.4, -0.2) is 73.2 Å². The fourth-order valence-electron chi connectivity index (χ4n) is 4.52. The van der Waals surface area contributed by atoms with Gasteiger partial charge in [0.05, 0.1) is 24.3 Å². The third-order valence-corrected chi connectivity index (χ3v) is 6.66. The Morgan fingerprint density at radius 3 is 2.30 bits per heavy atom. The van der Waals surface area contributed by atoms with Crippen molar-refractivity contribution in [3.63, 3.8) is 0 Å². The lowest BCUT2D eigenvalue weighted by Gasteiger charge is -2.29. The van der Waals surface area contributed by atoms with E-state index >= 15 is 0 Å². The van der Waals surface area contributed by atoms with E-state index in [0.717, 1.165) is 61.5 Å². The highest BCUT2D eigenvalue weighted by atomic mass is 16.5. The van der Waals surface area contributed by atoms with Gasteiger partial charge in [0.25, 0.3) is 0 Å². The van der Waals surface area contributed by atoms with E-state index in [1.807, 2.05) is 30.3 Å². The van der Waals surface area contributed by atoms with Gasteiger partial charge in [0.1, 0.15) is 5.82 Å². The molecule has 1 aromatic heterocycles. The van der Waals surface area contributed by atoms with Gasteiger partial charge in [-0.2, -0.15) is 0 Å². The van der Waals surface area contributed by atoms with Gasteiger partial charge >= 0.3 is 6.03 Å². The molecule has 0 spiro atoms. The lowest BCUT2D eigenvalue weighted by atomic mass is 9.99. The summed E-state index contributed by atoms with van der Waals surface area (Å²) in [6.07, 6.45) is 3.52. The number of nitrogens with two attached hydrogens (primary N) is 1. The second-order valence-corrected chi connectivity index (χ2v) is 9.30. The Morgan fingerprint density at radius 1 is 1.09 bits per heavy atom. The Morgan fingerprint density at radius 2 is 1.76 bits per heavy atom. The second kappa shape index (κ2) is 8.30.